The van der Waals surface area contributed by atoms with E-state index in [1.54, 1.807) is 0 Å². The van der Waals surface area contributed by atoms with Crippen molar-refractivity contribution in [2.75, 3.05) is 39.5 Å². The molecule has 2 amide bonds. The van der Waals surface area contributed by atoms with Gasteiger partial charge in [-0.05, 0) is 47.8 Å². The van der Waals surface area contributed by atoms with Crippen LogP contribution in [0.2, 0.25) is 0 Å². The molecule has 0 aromatic carbocycles. The minimum atomic E-state index is -3.46. The van der Waals surface area contributed by atoms with Gasteiger partial charge in [-0.15, -0.1) is 0 Å². The number of carbonyl (C=O) groups excluding carboxylic acids is 2. The van der Waals surface area contributed by atoms with Crippen LogP contribution in [0.15, 0.2) is 12.2 Å². The summed E-state index contributed by atoms with van der Waals surface area (Å²) in [6.07, 6.45) is 6.42. The van der Waals surface area contributed by atoms with Crippen molar-refractivity contribution in [2.45, 2.75) is 121 Å². The fourth-order valence-corrected chi connectivity index (χ4v) is 3.88. The smallest absolute Gasteiger partial charge is 0.327 e. The highest BCUT2D eigenvalue weighted by atomic mass is 19.3. The second-order valence-corrected chi connectivity index (χ2v) is 15.5. The molecule has 0 heterocycles. The molecule has 0 bridgehead atoms. The summed E-state index contributed by atoms with van der Waals surface area (Å²) >= 11 is 0. The summed E-state index contributed by atoms with van der Waals surface area (Å²) in [4.78, 5) is 24.6. The lowest BCUT2D eigenvalue weighted by molar-refractivity contribution is -0.145. The summed E-state index contributed by atoms with van der Waals surface area (Å²) in [5, 5.41) is 5.48. The molecule has 0 aromatic rings. The minimum Gasteiger partial charge on any atom is -0.381 e. The summed E-state index contributed by atoms with van der Waals surface area (Å²) in [5.41, 5.74) is -0.794. The Kier molecular flexibility index (Phi) is 16.9. The highest BCUT2D eigenvalue weighted by Gasteiger charge is 2.38. The fraction of sp³-hybridized carbons (Fsp3) is 0.879. The van der Waals surface area contributed by atoms with Crippen molar-refractivity contribution < 1.29 is 27.8 Å². The molecule has 2 N–H and O–H groups in total. The molecule has 0 saturated heterocycles. The van der Waals surface area contributed by atoms with E-state index >= 15 is 0 Å². The molecule has 0 atom stereocenters. The molecular formula is C33H62F2N2O4. The maximum Gasteiger partial charge on any atom is 0.327 e. The molecule has 242 valence electrons. The van der Waals surface area contributed by atoms with Crippen LogP contribution in [0.5, 0.6) is 0 Å². The Bertz CT molecular complexity index is 800. The number of ether oxygens (including phenoxy) is 2. The molecule has 0 aliphatic heterocycles. The first-order valence-corrected chi connectivity index (χ1v) is 15.3. The van der Waals surface area contributed by atoms with E-state index in [1.165, 1.54) is 12.2 Å². The molecule has 0 rings (SSSR count). The highest BCUT2D eigenvalue weighted by molar-refractivity contribution is 5.83. The second-order valence-electron chi connectivity index (χ2n) is 15.5. The molecule has 0 aliphatic rings. The molecule has 0 spiro atoms. The van der Waals surface area contributed by atoms with Crippen LogP contribution < -0.4 is 10.6 Å². The number of halogens is 2. The first-order chi connectivity index (χ1) is 18.6. The van der Waals surface area contributed by atoms with Crippen LogP contribution in [0, 0.1) is 27.6 Å². The van der Waals surface area contributed by atoms with Crippen LogP contribution in [0.1, 0.15) is 115 Å². The van der Waals surface area contributed by atoms with Crippen LogP contribution in [0.4, 0.5) is 8.78 Å². The normalized spacial score (nSPS) is 13.7. The van der Waals surface area contributed by atoms with Crippen LogP contribution in [-0.2, 0) is 19.1 Å². The number of allylic oxidation sites excluding steroid dienone is 1. The minimum absolute atomic E-state index is 0.0123. The average molecular weight is 589 g/mol. The van der Waals surface area contributed by atoms with E-state index in [9.17, 15) is 18.4 Å². The van der Waals surface area contributed by atoms with Gasteiger partial charge in [0.15, 0.2) is 0 Å². The van der Waals surface area contributed by atoms with Gasteiger partial charge in [-0.1, -0.05) is 94.7 Å². The quantitative estimate of drug-likeness (QED) is 0.107. The number of nitrogens with one attached hydrogen (secondary N) is 2. The maximum absolute atomic E-state index is 14.3. The van der Waals surface area contributed by atoms with Crippen LogP contribution in [0.25, 0.3) is 0 Å². The van der Waals surface area contributed by atoms with E-state index in [4.69, 9.17) is 9.47 Å². The van der Waals surface area contributed by atoms with Crippen molar-refractivity contribution in [3.63, 3.8) is 0 Å². The Morgan fingerprint density at radius 2 is 1.37 bits per heavy atom. The molecule has 0 unspecified atom stereocenters. The first-order valence-electron chi connectivity index (χ1n) is 15.3. The summed E-state index contributed by atoms with van der Waals surface area (Å²) in [7, 11) is 0. The molecule has 41 heavy (non-hydrogen) atoms. The van der Waals surface area contributed by atoms with Gasteiger partial charge in [0.2, 0.25) is 5.91 Å². The average Bonchev–Trinajstić information content (AvgIpc) is 2.83. The number of carbonyl (C=O) groups is 2. The third kappa shape index (κ3) is 20.1. The number of alkyl halides is 2. The van der Waals surface area contributed by atoms with Gasteiger partial charge in [0.25, 0.3) is 5.91 Å². The maximum atomic E-state index is 14.3. The number of hydrogen-bond donors (Lipinski definition) is 2. The molecule has 0 saturated carbocycles. The second kappa shape index (κ2) is 17.5. The Balaban J connectivity index is 4.34. The molecule has 6 nitrogen and oxygen atoms in total. The number of amides is 2. The number of rotatable bonds is 21. The van der Waals surface area contributed by atoms with Gasteiger partial charge in [-0.3, -0.25) is 9.59 Å². The Morgan fingerprint density at radius 3 is 1.95 bits per heavy atom. The third-order valence-electron chi connectivity index (χ3n) is 6.95. The standard InChI is InChI=1S/C33H62F2N2O4/c1-26(2)22-36-27(38)32(10,11)16-12-14-21-41-25-31(8,9)19-18-30(6,7)23-37-28(39)33(34,35)17-13-15-20-40-24-29(3,4)5/h13,15,26H,12,14,16-25H2,1-11H3,(H,36,38)(H,37,39)/b15-13+. The summed E-state index contributed by atoms with van der Waals surface area (Å²) in [6, 6.07) is 0. The molecular weight excluding hydrogens is 526 g/mol. The Labute approximate surface area is 250 Å². The third-order valence-corrected chi connectivity index (χ3v) is 6.95. The summed E-state index contributed by atoms with van der Waals surface area (Å²) in [5.74, 6) is -4.17. The van der Waals surface area contributed by atoms with Crippen molar-refractivity contribution >= 4 is 11.8 Å². The fourth-order valence-electron chi connectivity index (χ4n) is 3.88. The van der Waals surface area contributed by atoms with Crippen LogP contribution in [0.3, 0.4) is 0 Å². The Hall–Kier alpha value is -1.54. The van der Waals surface area contributed by atoms with Gasteiger partial charge in [0.05, 0.1) is 19.8 Å². The zero-order valence-electron chi connectivity index (χ0n) is 28.1. The summed E-state index contributed by atoms with van der Waals surface area (Å²) < 4.78 is 40.0. The van der Waals surface area contributed by atoms with Gasteiger partial charge in [-0.25, -0.2) is 0 Å². The molecule has 0 radical (unpaired) electrons. The van der Waals surface area contributed by atoms with Crippen molar-refractivity contribution in [3.8, 4) is 0 Å². The molecule has 0 fully saturated rings. The number of unbranched alkanes of at least 4 members (excludes halogenated alkanes) is 1. The lowest BCUT2D eigenvalue weighted by Crippen LogP contribution is -2.44. The predicted molar refractivity (Wildman–Crippen MR) is 165 cm³/mol. The highest BCUT2D eigenvalue weighted by Crippen LogP contribution is 2.31. The topological polar surface area (TPSA) is 76.7 Å². The monoisotopic (exact) mass is 588 g/mol. The number of hydrogen-bond acceptors (Lipinski definition) is 4. The van der Waals surface area contributed by atoms with E-state index in [0.717, 1.165) is 32.1 Å². The largest absolute Gasteiger partial charge is 0.381 e. The van der Waals surface area contributed by atoms with E-state index in [1.807, 2.05) is 48.5 Å². The van der Waals surface area contributed by atoms with Crippen molar-refractivity contribution in [3.05, 3.63) is 12.2 Å². The summed E-state index contributed by atoms with van der Waals surface area (Å²) in [6.45, 7) is 25.4. The van der Waals surface area contributed by atoms with Gasteiger partial charge in [0.1, 0.15) is 0 Å². The zero-order valence-corrected chi connectivity index (χ0v) is 28.1. The SMILES string of the molecule is CC(C)CNC(=O)C(C)(C)CCCCOCC(C)(C)CCC(C)(C)CNC(=O)C(F)(F)C/C=C/COCC(C)(C)C. The zero-order chi connectivity index (χ0) is 32.0. The molecule has 0 aromatic heterocycles. The van der Waals surface area contributed by atoms with Gasteiger partial charge < -0.3 is 20.1 Å². The predicted octanol–water partition coefficient (Wildman–Crippen LogP) is 7.56. The van der Waals surface area contributed by atoms with E-state index in [2.05, 4.69) is 38.3 Å². The van der Waals surface area contributed by atoms with E-state index in [0.29, 0.717) is 32.3 Å². The van der Waals surface area contributed by atoms with Crippen molar-refractivity contribution in [1.82, 2.24) is 10.6 Å². The van der Waals surface area contributed by atoms with Gasteiger partial charge in [-0.2, -0.15) is 8.78 Å². The molecule has 0 aliphatic carbocycles. The lowest BCUT2D eigenvalue weighted by atomic mass is 9.79. The lowest BCUT2D eigenvalue weighted by Gasteiger charge is -2.31. The Morgan fingerprint density at radius 1 is 0.756 bits per heavy atom. The van der Waals surface area contributed by atoms with Crippen LogP contribution in [-0.4, -0.2) is 57.3 Å². The first kappa shape index (κ1) is 39.5. The molecule has 8 heteroatoms. The van der Waals surface area contributed by atoms with Crippen molar-refractivity contribution in [2.24, 2.45) is 27.6 Å². The van der Waals surface area contributed by atoms with E-state index in [-0.39, 0.29) is 35.3 Å². The van der Waals surface area contributed by atoms with Gasteiger partial charge in [0, 0.05) is 31.5 Å². The van der Waals surface area contributed by atoms with E-state index < -0.39 is 23.7 Å². The van der Waals surface area contributed by atoms with Gasteiger partial charge >= 0.3 is 5.92 Å². The van der Waals surface area contributed by atoms with Crippen molar-refractivity contribution in [1.29, 1.82) is 0 Å². The van der Waals surface area contributed by atoms with Crippen LogP contribution >= 0.6 is 0 Å².